The molecule has 0 aliphatic carbocycles. The highest BCUT2D eigenvalue weighted by Crippen LogP contribution is 2.21. The third-order valence-corrected chi connectivity index (χ3v) is 6.34. The van der Waals surface area contributed by atoms with Crippen LogP contribution in [0.4, 0.5) is 9.18 Å². The lowest BCUT2D eigenvalue weighted by atomic mass is 10.1. The highest BCUT2D eigenvalue weighted by molar-refractivity contribution is 7.91. The summed E-state index contributed by atoms with van der Waals surface area (Å²) in [6.07, 6.45) is 6.11. The van der Waals surface area contributed by atoms with Crippen molar-refractivity contribution in [3.63, 3.8) is 0 Å². The Labute approximate surface area is 172 Å². The molecule has 158 valence electrons. The summed E-state index contributed by atoms with van der Waals surface area (Å²) in [4.78, 5) is 16.3. The summed E-state index contributed by atoms with van der Waals surface area (Å²) in [5.74, 6) is 1.83. The van der Waals surface area contributed by atoms with Crippen molar-refractivity contribution in [1.82, 2.24) is 9.62 Å². The van der Waals surface area contributed by atoms with E-state index >= 15 is 0 Å². The summed E-state index contributed by atoms with van der Waals surface area (Å²) < 4.78 is 39.2. The topological polar surface area (TPSA) is 83.4 Å². The minimum atomic E-state index is -3.12. The number of nitrogens with one attached hydrogen (secondary N) is 1. The van der Waals surface area contributed by atoms with Crippen LogP contribution < -0.4 is 5.32 Å². The molecule has 0 radical (unpaired) electrons. The van der Waals surface area contributed by atoms with Crippen molar-refractivity contribution in [2.75, 3.05) is 20.1 Å². The van der Waals surface area contributed by atoms with Crippen LogP contribution in [0.2, 0.25) is 0 Å². The number of halogens is 1. The molecule has 29 heavy (non-hydrogen) atoms. The number of amides is 1. The molecule has 1 aromatic rings. The average Bonchev–Trinajstić information content (AvgIpc) is 2.82. The Bertz CT molecular complexity index is 953. The van der Waals surface area contributed by atoms with Gasteiger partial charge in [-0.1, -0.05) is 5.92 Å². The summed E-state index contributed by atoms with van der Waals surface area (Å²) in [5, 5.41) is 2.55. The number of benzene rings is 1. The smallest absolute Gasteiger partial charge is 0.414 e. The number of carbonyl (C=O) groups is 1. The molecular formula is C20H27FN4O3S. The number of hydrogen-bond acceptors (Lipinski definition) is 5. The first-order valence-electron chi connectivity index (χ1n) is 9.28. The van der Waals surface area contributed by atoms with Crippen molar-refractivity contribution in [2.24, 2.45) is 9.36 Å². The number of alkyl carbamates (subject to hydrolysis) is 1. The Balaban J connectivity index is 2.37. The van der Waals surface area contributed by atoms with Gasteiger partial charge in [0.1, 0.15) is 21.3 Å². The number of nitrogens with zero attached hydrogens (tertiary/aromatic N) is 3. The van der Waals surface area contributed by atoms with E-state index in [-0.39, 0.29) is 17.3 Å². The first kappa shape index (κ1) is 22.7. The van der Waals surface area contributed by atoms with Gasteiger partial charge in [0.2, 0.25) is 5.96 Å². The van der Waals surface area contributed by atoms with E-state index in [2.05, 4.69) is 20.6 Å². The van der Waals surface area contributed by atoms with Crippen LogP contribution in [0.25, 0.3) is 0 Å². The Morgan fingerprint density at radius 1 is 1.45 bits per heavy atom. The second kappa shape index (κ2) is 9.27. The first-order valence-corrected chi connectivity index (χ1v) is 10.9. The highest BCUT2D eigenvalue weighted by atomic mass is 32.2. The minimum Gasteiger partial charge on any atom is -0.444 e. The van der Waals surface area contributed by atoms with Gasteiger partial charge in [-0.25, -0.2) is 17.8 Å². The number of terminal acetylenes is 1. The fourth-order valence-corrected chi connectivity index (χ4v) is 4.99. The van der Waals surface area contributed by atoms with Crippen LogP contribution in [0.15, 0.2) is 27.6 Å². The molecule has 0 bridgehead atoms. The van der Waals surface area contributed by atoms with E-state index in [1.54, 1.807) is 20.8 Å². The normalized spacial score (nSPS) is 20.3. The molecule has 2 rings (SSSR count). The lowest BCUT2D eigenvalue weighted by molar-refractivity contribution is 0.0559. The molecule has 1 amide bonds. The first-order chi connectivity index (χ1) is 13.6. The second-order valence-electron chi connectivity index (χ2n) is 7.54. The van der Waals surface area contributed by atoms with E-state index in [9.17, 15) is 13.4 Å². The Morgan fingerprint density at radius 2 is 2.17 bits per heavy atom. The Morgan fingerprint density at radius 3 is 2.79 bits per heavy atom. The van der Waals surface area contributed by atoms with Crippen LogP contribution >= 0.6 is 0 Å². The number of aliphatic imine (C=N–C) groups is 1. The van der Waals surface area contributed by atoms with E-state index < -0.39 is 27.4 Å². The van der Waals surface area contributed by atoms with Crippen LogP contribution in [0.3, 0.4) is 0 Å². The second-order valence-corrected chi connectivity index (χ2v) is 9.74. The van der Waals surface area contributed by atoms with Gasteiger partial charge in [-0.2, -0.15) is 0 Å². The average molecular weight is 423 g/mol. The molecule has 1 aliphatic heterocycles. The SMILES string of the molecule is C#Cc1ccc(F)c(CS2(=O)=NCCCCN2/C(=N\C)NC(=O)OC(C)(C)C)c1. The van der Waals surface area contributed by atoms with Crippen molar-refractivity contribution >= 4 is 22.0 Å². The molecule has 0 spiro atoms. The Hall–Kier alpha value is -2.60. The third kappa shape index (κ3) is 6.19. The van der Waals surface area contributed by atoms with Gasteiger partial charge in [0.25, 0.3) is 0 Å². The monoisotopic (exact) mass is 422 g/mol. The summed E-state index contributed by atoms with van der Waals surface area (Å²) in [5.41, 5.74) is -0.0126. The largest absolute Gasteiger partial charge is 0.444 e. The number of carbonyl (C=O) groups excluding carboxylic acids is 1. The van der Waals surface area contributed by atoms with Gasteiger partial charge in [-0.15, -0.1) is 6.42 Å². The zero-order valence-corrected chi connectivity index (χ0v) is 18.0. The van der Waals surface area contributed by atoms with Gasteiger partial charge >= 0.3 is 6.09 Å². The van der Waals surface area contributed by atoms with Gasteiger partial charge in [0.15, 0.2) is 0 Å². The van der Waals surface area contributed by atoms with Crippen molar-refractivity contribution in [3.05, 3.63) is 35.1 Å². The maximum Gasteiger partial charge on any atom is 0.414 e. The maximum absolute atomic E-state index is 14.4. The molecule has 1 N–H and O–H groups in total. The lowest BCUT2D eigenvalue weighted by Gasteiger charge is -2.28. The van der Waals surface area contributed by atoms with Gasteiger partial charge in [0.05, 0.1) is 12.3 Å². The summed E-state index contributed by atoms with van der Waals surface area (Å²) in [6, 6.07) is 4.23. The molecule has 1 aromatic carbocycles. The molecular weight excluding hydrogens is 395 g/mol. The molecule has 0 saturated heterocycles. The molecule has 7 nitrogen and oxygen atoms in total. The predicted molar refractivity (Wildman–Crippen MR) is 112 cm³/mol. The van der Waals surface area contributed by atoms with E-state index in [4.69, 9.17) is 11.2 Å². The minimum absolute atomic E-state index is 0.0726. The van der Waals surface area contributed by atoms with Crippen LogP contribution in [0.1, 0.15) is 44.7 Å². The van der Waals surface area contributed by atoms with Crippen molar-refractivity contribution < 1.29 is 18.1 Å². The molecule has 1 atom stereocenters. The van der Waals surface area contributed by atoms with Gasteiger partial charge in [-0.3, -0.25) is 14.6 Å². The molecule has 1 heterocycles. The number of ether oxygens (including phenoxy) is 1. The third-order valence-electron chi connectivity index (χ3n) is 4.02. The van der Waals surface area contributed by atoms with Crippen LogP contribution in [-0.2, 0) is 20.4 Å². The maximum atomic E-state index is 14.4. The summed E-state index contributed by atoms with van der Waals surface area (Å²) in [7, 11) is -1.65. The standard InChI is InChI=1S/C20H27FN4O3S/c1-6-15-9-10-17(21)16(13-15)14-29(27)23-11-7-8-12-25(29)18(22-5)24-19(26)28-20(2,3)4/h1,9-10,13H,7-8,11-12,14H2,2-5H3,(H,22,24,26). The molecule has 9 heteroatoms. The van der Waals surface area contributed by atoms with Crippen molar-refractivity contribution in [1.29, 1.82) is 0 Å². The lowest BCUT2D eigenvalue weighted by Crippen LogP contribution is -2.48. The summed E-state index contributed by atoms with van der Waals surface area (Å²) >= 11 is 0. The van der Waals surface area contributed by atoms with Crippen molar-refractivity contribution in [3.8, 4) is 12.3 Å². The molecule has 0 saturated carbocycles. The molecule has 0 aromatic heterocycles. The predicted octanol–water partition coefficient (Wildman–Crippen LogP) is 3.30. The van der Waals surface area contributed by atoms with E-state index in [0.717, 1.165) is 6.42 Å². The molecule has 0 fully saturated rings. The van der Waals surface area contributed by atoms with E-state index in [0.29, 0.717) is 25.1 Å². The fraction of sp³-hybridized carbons (Fsp3) is 0.500. The van der Waals surface area contributed by atoms with Crippen LogP contribution in [-0.4, -0.2) is 46.3 Å². The molecule has 1 unspecified atom stereocenters. The fourth-order valence-electron chi connectivity index (χ4n) is 2.75. The van der Waals surface area contributed by atoms with Gasteiger partial charge in [0, 0.05) is 24.7 Å². The summed E-state index contributed by atoms with van der Waals surface area (Å²) in [6.45, 7) is 5.93. The van der Waals surface area contributed by atoms with Gasteiger partial charge in [-0.05, 0) is 51.8 Å². The van der Waals surface area contributed by atoms with E-state index in [1.165, 1.54) is 29.6 Å². The zero-order valence-electron chi connectivity index (χ0n) is 17.2. The zero-order chi connectivity index (χ0) is 21.7. The highest BCUT2D eigenvalue weighted by Gasteiger charge is 2.29. The Kier molecular flexibility index (Phi) is 7.25. The van der Waals surface area contributed by atoms with Gasteiger partial charge < -0.3 is 4.74 Å². The number of hydrogen-bond donors (Lipinski definition) is 1. The van der Waals surface area contributed by atoms with Crippen LogP contribution in [0.5, 0.6) is 0 Å². The van der Waals surface area contributed by atoms with E-state index in [1.807, 2.05) is 0 Å². The number of rotatable bonds is 2. The number of guanidine groups is 1. The van der Waals surface area contributed by atoms with Crippen LogP contribution in [0, 0.1) is 18.2 Å². The molecule has 1 aliphatic rings. The van der Waals surface area contributed by atoms with Crippen molar-refractivity contribution in [2.45, 2.75) is 45.0 Å². The quantitative estimate of drug-likeness (QED) is 0.451.